The van der Waals surface area contributed by atoms with Crippen LogP contribution < -0.4 is 5.32 Å². The predicted octanol–water partition coefficient (Wildman–Crippen LogP) is 1.61. The Morgan fingerprint density at radius 3 is 2.62 bits per heavy atom. The predicted molar refractivity (Wildman–Crippen MR) is 57.9 cm³/mol. The fraction of sp³-hybridized carbons (Fsp3) is 0.818. The Bertz CT molecular complexity index is 259. The molecule has 1 aliphatic carbocycles. The Morgan fingerprint density at radius 2 is 2.06 bits per heavy atom. The fourth-order valence-corrected chi connectivity index (χ4v) is 1.75. The first-order valence-corrected chi connectivity index (χ1v) is 5.49. The van der Waals surface area contributed by atoms with Gasteiger partial charge in [0.2, 0.25) is 0 Å². The van der Waals surface area contributed by atoms with Crippen LogP contribution in [0.2, 0.25) is 0 Å². The van der Waals surface area contributed by atoms with Crippen LogP contribution in [-0.2, 0) is 14.3 Å². The van der Waals surface area contributed by atoms with Crippen molar-refractivity contribution < 1.29 is 19.1 Å². The maximum absolute atomic E-state index is 11.4. The maximum Gasteiger partial charge on any atom is 0.407 e. The number of hydrogen-bond acceptors (Lipinski definition) is 4. The largest absolute Gasteiger partial charge is 0.465 e. The number of rotatable bonds is 3. The third-order valence-corrected chi connectivity index (χ3v) is 2.35. The van der Waals surface area contributed by atoms with E-state index in [1.165, 1.54) is 0 Å². The van der Waals surface area contributed by atoms with Crippen molar-refractivity contribution in [2.75, 3.05) is 0 Å². The molecule has 0 saturated heterocycles. The van der Waals surface area contributed by atoms with Crippen LogP contribution in [0.1, 0.15) is 40.0 Å². The van der Waals surface area contributed by atoms with E-state index in [2.05, 4.69) is 5.32 Å². The summed E-state index contributed by atoms with van der Waals surface area (Å²) in [5, 5.41) is 2.77. The molecule has 0 bridgehead atoms. The van der Waals surface area contributed by atoms with E-state index < -0.39 is 11.7 Å². The van der Waals surface area contributed by atoms with Crippen molar-refractivity contribution in [3.8, 4) is 0 Å². The average Bonchev–Trinajstić information content (AvgIpc) is 2.49. The Labute approximate surface area is 95.5 Å². The molecular weight excluding hydrogens is 210 g/mol. The molecule has 1 amide bonds. The second-order valence-electron chi connectivity index (χ2n) is 5.01. The molecule has 2 atom stereocenters. The summed E-state index contributed by atoms with van der Waals surface area (Å²) in [6.45, 7) is 5.92. The van der Waals surface area contributed by atoms with Gasteiger partial charge in [0, 0.05) is 12.5 Å². The third-order valence-electron chi connectivity index (χ3n) is 2.35. The lowest BCUT2D eigenvalue weighted by molar-refractivity contribution is -0.133. The normalized spacial score (nSPS) is 24.9. The average molecular weight is 229 g/mol. The first kappa shape index (κ1) is 12.8. The highest BCUT2D eigenvalue weighted by Gasteiger charge is 2.28. The van der Waals surface area contributed by atoms with E-state index in [0.717, 1.165) is 12.8 Å². The second-order valence-corrected chi connectivity index (χ2v) is 5.01. The van der Waals surface area contributed by atoms with Gasteiger partial charge >= 0.3 is 6.09 Å². The molecule has 0 aromatic carbocycles. The van der Waals surface area contributed by atoms with Crippen LogP contribution in [0.5, 0.6) is 0 Å². The molecule has 1 saturated carbocycles. The molecule has 0 unspecified atom stereocenters. The van der Waals surface area contributed by atoms with E-state index >= 15 is 0 Å². The molecule has 1 aliphatic rings. The fourth-order valence-electron chi connectivity index (χ4n) is 1.75. The lowest BCUT2D eigenvalue weighted by atomic mass is 10.2. The number of carbonyl (C=O) groups excluding carboxylic acids is 2. The monoisotopic (exact) mass is 229 g/mol. The van der Waals surface area contributed by atoms with Gasteiger partial charge in [0.15, 0.2) is 0 Å². The van der Waals surface area contributed by atoms with Crippen molar-refractivity contribution in [2.45, 2.75) is 57.8 Å². The number of hydrogen-bond donors (Lipinski definition) is 1. The van der Waals surface area contributed by atoms with Crippen molar-refractivity contribution in [2.24, 2.45) is 0 Å². The van der Waals surface area contributed by atoms with E-state index in [0.29, 0.717) is 12.9 Å². The molecule has 1 rings (SSSR count). The van der Waals surface area contributed by atoms with E-state index in [1.807, 2.05) is 20.8 Å². The van der Waals surface area contributed by atoms with Gasteiger partial charge in [-0.2, -0.15) is 0 Å². The Balaban J connectivity index is 2.28. The minimum Gasteiger partial charge on any atom is -0.465 e. The van der Waals surface area contributed by atoms with Gasteiger partial charge in [-0.25, -0.2) is 4.79 Å². The highest BCUT2D eigenvalue weighted by Crippen LogP contribution is 2.21. The summed E-state index contributed by atoms with van der Waals surface area (Å²) in [6.07, 6.45) is 1.79. The number of nitrogens with one attached hydrogen (secondary N) is 1. The number of carbonyl (C=O) groups is 2. The molecule has 0 aromatic rings. The summed E-state index contributed by atoms with van der Waals surface area (Å²) in [5.74, 6) is 0. The molecule has 0 aliphatic heterocycles. The molecule has 0 aromatic heterocycles. The molecule has 5 nitrogen and oxygen atoms in total. The van der Waals surface area contributed by atoms with Crippen LogP contribution in [-0.4, -0.2) is 30.3 Å². The van der Waals surface area contributed by atoms with Crippen molar-refractivity contribution in [3.63, 3.8) is 0 Å². The van der Waals surface area contributed by atoms with Crippen LogP contribution in [0.4, 0.5) is 4.79 Å². The summed E-state index contributed by atoms with van der Waals surface area (Å²) in [4.78, 5) is 21.6. The molecule has 1 N–H and O–H groups in total. The Kier molecular flexibility index (Phi) is 4.15. The van der Waals surface area contributed by atoms with Gasteiger partial charge in [-0.05, 0) is 33.6 Å². The molecule has 16 heavy (non-hydrogen) atoms. The summed E-state index contributed by atoms with van der Waals surface area (Å²) in [7, 11) is 0. The second kappa shape index (κ2) is 5.18. The van der Waals surface area contributed by atoms with Crippen LogP contribution in [0.25, 0.3) is 0 Å². The number of alkyl carbamates (subject to hydrolysis) is 1. The molecule has 5 heteroatoms. The standard InChI is InChI=1S/C11H19NO4/c1-11(2,3)16-10(14)12-8-4-5-9(6-8)15-7-13/h7-9H,4-6H2,1-3H3,(H,12,14)/t8-,9+/m0/s1. The minimum absolute atomic E-state index is 0.0415. The van der Waals surface area contributed by atoms with Gasteiger partial charge in [0.25, 0.3) is 6.47 Å². The van der Waals surface area contributed by atoms with Crippen molar-refractivity contribution in [1.82, 2.24) is 5.32 Å². The zero-order chi connectivity index (χ0) is 12.2. The van der Waals surface area contributed by atoms with Crippen LogP contribution in [0, 0.1) is 0 Å². The van der Waals surface area contributed by atoms with Gasteiger partial charge in [-0.15, -0.1) is 0 Å². The lowest BCUT2D eigenvalue weighted by Gasteiger charge is -2.21. The summed E-state index contributed by atoms with van der Waals surface area (Å²) < 4.78 is 9.98. The van der Waals surface area contributed by atoms with Crippen LogP contribution in [0.3, 0.4) is 0 Å². The van der Waals surface area contributed by atoms with Gasteiger partial charge in [-0.1, -0.05) is 0 Å². The van der Waals surface area contributed by atoms with Gasteiger partial charge in [0.1, 0.15) is 11.7 Å². The summed E-state index contributed by atoms with van der Waals surface area (Å²) in [5.41, 5.74) is -0.485. The first-order valence-electron chi connectivity index (χ1n) is 5.49. The smallest absolute Gasteiger partial charge is 0.407 e. The summed E-state index contributed by atoms with van der Waals surface area (Å²) in [6, 6.07) is 0.0415. The maximum atomic E-state index is 11.4. The molecule has 0 radical (unpaired) electrons. The van der Waals surface area contributed by atoms with Gasteiger partial charge in [-0.3, -0.25) is 4.79 Å². The minimum atomic E-state index is -0.485. The highest BCUT2D eigenvalue weighted by molar-refractivity contribution is 5.68. The number of ether oxygens (including phenoxy) is 2. The van der Waals surface area contributed by atoms with Crippen molar-refractivity contribution in [1.29, 1.82) is 0 Å². The Hall–Kier alpha value is -1.26. The molecule has 0 heterocycles. The van der Waals surface area contributed by atoms with Crippen LogP contribution in [0.15, 0.2) is 0 Å². The van der Waals surface area contributed by atoms with Gasteiger partial charge < -0.3 is 14.8 Å². The molecule has 0 spiro atoms. The quantitative estimate of drug-likeness (QED) is 0.747. The van der Waals surface area contributed by atoms with E-state index in [9.17, 15) is 9.59 Å². The van der Waals surface area contributed by atoms with Crippen LogP contribution >= 0.6 is 0 Å². The Morgan fingerprint density at radius 1 is 1.38 bits per heavy atom. The highest BCUT2D eigenvalue weighted by atomic mass is 16.6. The van der Waals surface area contributed by atoms with E-state index in [4.69, 9.17) is 9.47 Å². The van der Waals surface area contributed by atoms with E-state index in [1.54, 1.807) is 0 Å². The third kappa shape index (κ3) is 4.51. The van der Waals surface area contributed by atoms with Crippen molar-refractivity contribution in [3.05, 3.63) is 0 Å². The van der Waals surface area contributed by atoms with Gasteiger partial charge in [0.05, 0.1) is 0 Å². The van der Waals surface area contributed by atoms with Crippen molar-refractivity contribution >= 4 is 12.6 Å². The SMILES string of the molecule is CC(C)(C)OC(=O)N[C@H]1CC[C@@H](OC=O)C1. The molecule has 92 valence electrons. The molecular formula is C11H19NO4. The summed E-state index contributed by atoms with van der Waals surface area (Å²) >= 11 is 0. The first-order chi connectivity index (χ1) is 7.40. The number of amides is 1. The zero-order valence-corrected chi connectivity index (χ0v) is 9.99. The lowest BCUT2D eigenvalue weighted by Crippen LogP contribution is -2.38. The topological polar surface area (TPSA) is 64.6 Å². The molecule has 1 fully saturated rings. The van der Waals surface area contributed by atoms with E-state index in [-0.39, 0.29) is 12.1 Å². The zero-order valence-electron chi connectivity index (χ0n) is 9.99.